The molecule has 0 heterocycles. The number of aliphatic hydroxyl groups excluding tert-OH is 2. The van der Waals surface area contributed by atoms with Crippen LogP contribution in [0, 0.1) is 27.7 Å². The number of anilines is 6. The van der Waals surface area contributed by atoms with E-state index in [1.165, 1.54) is 90.7 Å². The maximum atomic E-state index is 10.2. The minimum Gasteiger partial charge on any atom is -0.857 e. The monoisotopic (exact) mass is 1130 g/mol. The van der Waals surface area contributed by atoms with Gasteiger partial charge in [0.2, 0.25) is 0 Å². The molecule has 0 spiro atoms. The number of aryl methyl sites for hydroxylation is 4. The first-order valence-electron chi connectivity index (χ1n) is 27.2. The maximum Gasteiger partial charge on any atom is 1.00 e. The van der Waals surface area contributed by atoms with Crippen LogP contribution >= 0.6 is 15.9 Å². The van der Waals surface area contributed by atoms with Crippen molar-refractivity contribution in [2.24, 2.45) is 0 Å². The second-order valence-electron chi connectivity index (χ2n) is 20.1. The first kappa shape index (κ1) is 64.0. The van der Waals surface area contributed by atoms with Crippen molar-refractivity contribution in [1.82, 2.24) is 0 Å². The average Bonchev–Trinajstić information content (AvgIpc) is 4.09. The van der Waals surface area contributed by atoms with Crippen molar-refractivity contribution in [1.29, 1.82) is 0 Å². The molecule has 9 heteroatoms. The molecule has 0 fully saturated rings. The van der Waals surface area contributed by atoms with Crippen LogP contribution in [0.1, 0.15) is 110 Å². The molecule has 0 unspecified atom stereocenters. The van der Waals surface area contributed by atoms with Gasteiger partial charge in [-0.3, -0.25) is 4.79 Å². The number of halogens is 1. The molecule has 2 aliphatic rings. The fourth-order valence-corrected chi connectivity index (χ4v) is 11.1. The van der Waals surface area contributed by atoms with Crippen LogP contribution in [0.2, 0.25) is 0 Å². The average molecular weight is 1130 g/mol. The first-order valence-corrected chi connectivity index (χ1v) is 28.3. The van der Waals surface area contributed by atoms with Crippen LogP contribution in [0.5, 0.6) is 0 Å². The molecule has 8 aromatic carbocycles. The molecule has 0 bridgehead atoms. The first-order chi connectivity index (χ1) is 37.5. The molecular formula is C70H80BrN2NaO5. The van der Waals surface area contributed by atoms with Crippen molar-refractivity contribution in [3.8, 4) is 22.3 Å². The number of esters is 1. The fourth-order valence-electron chi connectivity index (χ4n) is 10.7. The van der Waals surface area contributed by atoms with Gasteiger partial charge in [-0.1, -0.05) is 155 Å². The molecule has 7 nitrogen and oxygen atoms in total. The van der Waals surface area contributed by atoms with Crippen molar-refractivity contribution < 1.29 is 54.4 Å². The van der Waals surface area contributed by atoms with E-state index in [1.54, 1.807) is 0 Å². The third kappa shape index (κ3) is 16.2. The van der Waals surface area contributed by atoms with E-state index < -0.39 is 0 Å². The van der Waals surface area contributed by atoms with Crippen molar-refractivity contribution in [3.63, 3.8) is 0 Å². The SMILES string of the molecule is C.CC(=O)OCCCCBr.C[O-].Cc1ccc(N(c2ccc(C)cc2)c2ccc3c(c2)C(CCCCO)(CCCCO)c2ccccc2-3)cc1.Cc1ccc(N(c2ccc(C)cc2)c2ccc3c(c2)Cc2ccccc2-3)cc1.[Na+]. The molecule has 8 aromatic rings. The van der Waals surface area contributed by atoms with Gasteiger partial charge in [0.15, 0.2) is 0 Å². The van der Waals surface area contributed by atoms with Gasteiger partial charge in [-0.15, -0.1) is 0 Å². The van der Waals surface area contributed by atoms with Gasteiger partial charge in [-0.05, 0) is 203 Å². The van der Waals surface area contributed by atoms with E-state index in [4.69, 9.17) is 5.11 Å². The second kappa shape index (κ2) is 31.8. The zero-order valence-electron chi connectivity index (χ0n) is 46.9. The predicted octanol–water partition coefficient (Wildman–Crippen LogP) is 14.1. The predicted molar refractivity (Wildman–Crippen MR) is 330 cm³/mol. The second-order valence-corrected chi connectivity index (χ2v) is 20.9. The van der Waals surface area contributed by atoms with E-state index in [1.807, 2.05) is 0 Å². The smallest absolute Gasteiger partial charge is 0.857 e. The molecule has 79 heavy (non-hydrogen) atoms. The Labute approximate surface area is 502 Å². The zero-order chi connectivity index (χ0) is 54.7. The molecule has 2 aliphatic carbocycles. The number of carbonyl (C=O) groups is 1. The summed E-state index contributed by atoms with van der Waals surface area (Å²) < 4.78 is 4.68. The van der Waals surface area contributed by atoms with E-state index in [2.05, 4.69) is 240 Å². The summed E-state index contributed by atoms with van der Waals surface area (Å²) in [5, 5.41) is 28.4. The minimum absolute atomic E-state index is 0. The van der Waals surface area contributed by atoms with Gasteiger partial charge in [0.05, 0.1) is 6.61 Å². The number of fused-ring (bicyclic) bond motifs is 6. The largest absolute Gasteiger partial charge is 1.00 e. The fraction of sp³-hybridized carbons (Fsp3) is 0.300. The Hall–Kier alpha value is -5.81. The van der Waals surface area contributed by atoms with E-state index in [9.17, 15) is 15.0 Å². The van der Waals surface area contributed by atoms with Gasteiger partial charge in [-0.25, -0.2) is 0 Å². The van der Waals surface area contributed by atoms with Crippen LogP contribution in [0.4, 0.5) is 34.1 Å². The summed E-state index contributed by atoms with van der Waals surface area (Å²) in [4.78, 5) is 14.9. The van der Waals surface area contributed by atoms with Gasteiger partial charge in [-0.2, -0.15) is 7.11 Å². The number of ether oxygens (including phenoxy) is 1. The maximum absolute atomic E-state index is 10.2. The Morgan fingerprint density at radius 1 is 0.494 bits per heavy atom. The Morgan fingerprint density at radius 3 is 1.34 bits per heavy atom. The minimum atomic E-state index is -0.190. The third-order valence-corrected chi connectivity index (χ3v) is 15.1. The number of unbranched alkanes of at least 4 members (excludes halogenated alkanes) is 3. The quantitative estimate of drug-likeness (QED) is 0.0382. The summed E-state index contributed by atoms with van der Waals surface area (Å²) in [5.41, 5.74) is 22.9. The summed E-state index contributed by atoms with van der Waals surface area (Å²) in [7, 11) is 0.750. The molecule has 0 aromatic heterocycles. The Morgan fingerprint density at radius 2 is 0.886 bits per heavy atom. The number of aliphatic hydroxyl groups is 2. The summed E-state index contributed by atoms with van der Waals surface area (Å²) in [6.45, 7) is 10.9. The molecule has 0 saturated carbocycles. The molecule has 2 N–H and O–H groups in total. The van der Waals surface area contributed by atoms with E-state index in [-0.39, 0.29) is 61.6 Å². The van der Waals surface area contributed by atoms with Crippen LogP contribution in [-0.4, -0.2) is 48.4 Å². The number of hydrogen-bond donors (Lipinski definition) is 2. The van der Waals surface area contributed by atoms with Crippen LogP contribution in [0.15, 0.2) is 182 Å². The van der Waals surface area contributed by atoms with Crippen LogP contribution < -0.4 is 44.5 Å². The number of carbonyl (C=O) groups excluding carboxylic acids is 1. The summed E-state index contributed by atoms with van der Waals surface area (Å²) in [6.07, 6.45) is 8.53. The summed E-state index contributed by atoms with van der Waals surface area (Å²) >= 11 is 3.28. The van der Waals surface area contributed by atoms with E-state index in [0.29, 0.717) is 6.61 Å². The summed E-state index contributed by atoms with van der Waals surface area (Å²) in [5.74, 6) is -0.190. The molecule has 0 radical (unpaired) electrons. The molecule has 408 valence electrons. The third-order valence-electron chi connectivity index (χ3n) is 14.6. The number of rotatable bonds is 18. The van der Waals surface area contributed by atoms with Crippen molar-refractivity contribution >= 4 is 56.0 Å². The topological polar surface area (TPSA) is 96.3 Å². The number of alkyl halides is 1. The number of hydrogen-bond acceptors (Lipinski definition) is 7. The van der Waals surface area contributed by atoms with Crippen LogP contribution in [0.25, 0.3) is 22.3 Å². The molecular weight excluding hydrogens is 1050 g/mol. The molecule has 10 rings (SSSR count). The van der Waals surface area contributed by atoms with Crippen LogP contribution in [0.3, 0.4) is 0 Å². The Kier molecular flexibility index (Phi) is 25.8. The van der Waals surface area contributed by atoms with E-state index in [0.717, 1.165) is 87.3 Å². The molecule has 0 saturated heterocycles. The van der Waals surface area contributed by atoms with Gasteiger partial charge in [0.25, 0.3) is 0 Å². The molecule has 0 amide bonds. The van der Waals surface area contributed by atoms with Crippen LogP contribution in [-0.2, 0) is 21.4 Å². The van der Waals surface area contributed by atoms with Gasteiger partial charge in [0, 0.05) is 65.0 Å². The molecule has 0 aliphatic heterocycles. The summed E-state index contributed by atoms with van der Waals surface area (Å²) in [6, 6.07) is 66.5. The number of benzene rings is 8. The zero-order valence-corrected chi connectivity index (χ0v) is 50.5. The standard InChI is InChI=1S/C35H39NO2.C27H23N.C6H11BrO2.CH3O.CH4.Na/c1-26-11-15-28(16-12-26)36(29-17-13-27(2)14-18-29)30-19-20-32-31-9-3-4-10-33(31)35(34(32)25-30,21-5-7-23-37)22-6-8-24-38;1-19-7-11-23(12-8-19)28(24-13-9-20(2)10-14-24)25-15-16-27-22(18-25)17-21-5-3-4-6-26(21)27;1-6(8)9-5-3-2-4-7;1-2;;/h3-4,9-20,25,37-38H,5-8,21-24H2,1-2H3;3-16,18H,17H2,1-2H3;2-5H2,1H3;1H3;1H4;/q;;;-1;;+1. The normalized spacial score (nSPS) is 11.7. The van der Waals surface area contributed by atoms with Crippen molar-refractivity contribution in [2.45, 2.75) is 105 Å². The van der Waals surface area contributed by atoms with Crippen molar-refractivity contribution in [3.05, 3.63) is 226 Å². The van der Waals surface area contributed by atoms with Gasteiger partial charge < -0.3 is 29.9 Å². The van der Waals surface area contributed by atoms with Gasteiger partial charge >= 0.3 is 35.5 Å². The number of nitrogens with zero attached hydrogens (tertiary/aromatic N) is 2. The Bertz CT molecular complexity index is 3020. The molecule has 0 atom stereocenters. The van der Waals surface area contributed by atoms with Gasteiger partial charge in [0.1, 0.15) is 0 Å². The van der Waals surface area contributed by atoms with E-state index >= 15 is 0 Å². The Balaban J connectivity index is 0.000000246. The van der Waals surface area contributed by atoms with Crippen molar-refractivity contribution in [2.75, 3.05) is 42.1 Å².